The zero-order valence-electron chi connectivity index (χ0n) is 21.2. The monoisotopic (exact) mass is 512 g/mol. The lowest BCUT2D eigenvalue weighted by atomic mass is 10.0. The highest BCUT2D eigenvalue weighted by atomic mass is 16.5. The van der Waals surface area contributed by atoms with Crippen LogP contribution in [0.2, 0.25) is 0 Å². The minimum Gasteiger partial charge on any atom is -0.493 e. The summed E-state index contributed by atoms with van der Waals surface area (Å²) in [5.41, 5.74) is 6.65. The fraction of sp³-hybridized carbons (Fsp3) is 0.233. The number of hydrogen-bond acceptors (Lipinski definition) is 5. The van der Waals surface area contributed by atoms with Crippen LogP contribution < -0.4 is 26.4 Å². The van der Waals surface area contributed by atoms with Gasteiger partial charge >= 0.3 is 0 Å². The number of benzene rings is 4. The Morgan fingerprint density at radius 3 is 2.26 bits per heavy atom. The van der Waals surface area contributed by atoms with Crippen molar-refractivity contribution in [2.24, 2.45) is 5.73 Å². The van der Waals surface area contributed by atoms with Crippen molar-refractivity contribution in [3.8, 4) is 5.75 Å². The van der Waals surface area contributed by atoms with Gasteiger partial charge in [0.2, 0.25) is 11.8 Å². The van der Waals surface area contributed by atoms with Crippen molar-refractivity contribution in [1.29, 1.82) is 0 Å². The van der Waals surface area contributed by atoms with Gasteiger partial charge in [-0.1, -0.05) is 66.7 Å². The van der Waals surface area contributed by atoms with Crippen LogP contribution in [-0.4, -0.2) is 44.0 Å². The molecule has 0 fully saturated rings. The first kappa shape index (κ1) is 26.6. The van der Waals surface area contributed by atoms with Crippen molar-refractivity contribution in [2.75, 3.05) is 26.2 Å². The lowest BCUT2D eigenvalue weighted by molar-refractivity contribution is -0.120. The van der Waals surface area contributed by atoms with Crippen LogP contribution in [0.4, 0.5) is 0 Å². The third-order valence-electron chi connectivity index (χ3n) is 6.15. The van der Waals surface area contributed by atoms with E-state index in [2.05, 4.69) is 40.2 Å². The second-order valence-electron chi connectivity index (χ2n) is 8.99. The Kier molecular flexibility index (Phi) is 9.26. The van der Waals surface area contributed by atoms with Crippen molar-refractivity contribution >= 4 is 39.3 Å². The van der Waals surface area contributed by atoms with E-state index in [1.165, 1.54) is 10.8 Å². The Hall–Kier alpha value is -4.43. The summed E-state index contributed by atoms with van der Waals surface area (Å²) in [5, 5.41) is 12.8. The maximum absolute atomic E-state index is 12.6. The van der Waals surface area contributed by atoms with E-state index in [9.17, 15) is 14.4 Å². The molecule has 0 saturated carbocycles. The molecule has 5 N–H and O–H groups in total. The number of ether oxygens (including phenoxy) is 1. The van der Waals surface area contributed by atoms with Crippen LogP contribution in [0.25, 0.3) is 21.5 Å². The zero-order chi connectivity index (χ0) is 26.7. The number of carbonyl (C=O) groups excluding carboxylic acids is 3. The summed E-state index contributed by atoms with van der Waals surface area (Å²) < 4.78 is 5.93. The molecule has 4 rings (SSSR count). The van der Waals surface area contributed by atoms with Gasteiger partial charge < -0.3 is 26.4 Å². The summed E-state index contributed by atoms with van der Waals surface area (Å²) in [5.74, 6) is -0.665. The quantitative estimate of drug-likeness (QED) is 0.205. The summed E-state index contributed by atoms with van der Waals surface area (Å²) >= 11 is 0. The first-order valence-corrected chi connectivity index (χ1v) is 12.7. The summed E-state index contributed by atoms with van der Waals surface area (Å²) in [6, 6.07) is 25.6. The number of hydrogen-bond donors (Lipinski definition) is 4. The summed E-state index contributed by atoms with van der Waals surface area (Å²) in [4.78, 5) is 35.9. The smallest absolute Gasteiger partial charge is 0.255 e. The second-order valence-corrected chi connectivity index (χ2v) is 8.99. The molecule has 0 radical (unpaired) electrons. The standard InChI is InChI=1S/C30H32N4O4/c31-28(35)19-34-30(37)26-16-22-9-1-2-10-23(22)17-27(26)38-15-6-5-14-33-29(36)20-32-18-24-12-7-11-21-8-3-4-13-25(21)24/h1-4,7-13,16-17,32H,5-6,14-15,18-20H2,(H2,31,35)(H,33,36)(H,34,37). The molecule has 0 aliphatic heterocycles. The number of primary amides is 1. The van der Waals surface area contributed by atoms with E-state index in [1.807, 2.05) is 48.5 Å². The zero-order valence-corrected chi connectivity index (χ0v) is 21.2. The van der Waals surface area contributed by atoms with Crippen molar-refractivity contribution in [3.63, 3.8) is 0 Å². The topological polar surface area (TPSA) is 123 Å². The van der Waals surface area contributed by atoms with Crippen LogP contribution in [0, 0.1) is 0 Å². The van der Waals surface area contributed by atoms with Crippen molar-refractivity contribution < 1.29 is 19.1 Å². The Bertz CT molecular complexity index is 1430. The van der Waals surface area contributed by atoms with Gasteiger partial charge in [0.05, 0.1) is 25.3 Å². The van der Waals surface area contributed by atoms with Crippen molar-refractivity contribution in [3.05, 3.63) is 90.0 Å². The maximum Gasteiger partial charge on any atom is 0.255 e. The van der Waals surface area contributed by atoms with Crippen LogP contribution in [0.15, 0.2) is 78.9 Å². The average molecular weight is 513 g/mol. The molecular formula is C30H32N4O4. The van der Waals surface area contributed by atoms with E-state index in [4.69, 9.17) is 10.5 Å². The molecule has 0 atom stereocenters. The van der Waals surface area contributed by atoms with Gasteiger partial charge in [0.1, 0.15) is 5.75 Å². The minimum absolute atomic E-state index is 0.0610. The molecule has 0 spiro atoms. The van der Waals surface area contributed by atoms with E-state index in [0.29, 0.717) is 37.4 Å². The molecule has 4 aromatic carbocycles. The highest BCUT2D eigenvalue weighted by Gasteiger charge is 2.15. The molecule has 0 unspecified atom stereocenters. The van der Waals surface area contributed by atoms with Gasteiger partial charge in [-0.2, -0.15) is 0 Å². The molecule has 196 valence electrons. The predicted molar refractivity (Wildman–Crippen MR) is 149 cm³/mol. The summed E-state index contributed by atoms with van der Waals surface area (Å²) in [7, 11) is 0. The van der Waals surface area contributed by atoms with Gasteiger partial charge in [0.25, 0.3) is 5.91 Å². The van der Waals surface area contributed by atoms with E-state index in [-0.39, 0.29) is 19.0 Å². The van der Waals surface area contributed by atoms with Gasteiger partial charge in [-0.15, -0.1) is 0 Å². The van der Waals surface area contributed by atoms with Gasteiger partial charge in [-0.25, -0.2) is 0 Å². The molecule has 0 aliphatic carbocycles. The largest absolute Gasteiger partial charge is 0.493 e. The van der Waals surface area contributed by atoms with Gasteiger partial charge in [-0.05, 0) is 52.1 Å². The normalized spacial score (nSPS) is 10.8. The molecule has 4 aromatic rings. The van der Waals surface area contributed by atoms with Crippen LogP contribution in [-0.2, 0) is 16.1 Å². The van der Waals surface area contributed by atoms with Crippen molar-refractivity contribution in [1.82, 2.24) is 16.0 Å². The molecular weight excluding hydrogens is 480 g/mol. The fourth-order valence-electron chi connectivity index (χ4n) is 4.24. The minimum atomic E-state index is -0.618. The number of rotatable bonds is 13. The second kappa shape index (κ2) is 13.2. The molecule has 38 heavy (non-hydrogen) atoms. The Morgan fingerprint density at radius 1 is 0.763 bits per heavy atom. The summed E-state index contributed by atoms with van der Waals surface area (Å²) in [6.45, 7) is 1.51. The number of nitrogens with two attached hydrogens (primary N) is 1. The Balaban J connectivity index is 1.20. The van der Waals surface area contributed by atoms with Crippen molar-refractivity contribution in [2.45, 2.75) is 19.4 Å². The van der Waals surface area contributed by atoms with Gasteiger partial charge in [0.15, 0.2) is 0 Å². The molecule has 0 aliphatic rings. The van der Waals surface area contributed by atoms with E-state index < -0.39 is 11.8 Å². The number of amides is 3. The number of fused-ring (bicyclic) bond motifs is 2. The maximum atomic E-state index is 12.6. The van der Waals surface area contributed by atoms with Crippen LogP contribution in [0.3, 0.4) is 0 Å². The Morgan fingerprint density at radius 2 is 1.47 bits per heavy atom. The number of unbranched alkanes of at least 4 members (excludes halogenated alkanes) is 1. The number of carbonyl (C=O) groups is 3. The SMILES string of the molecule is NC(=O)CNC(=O)c1cc2ccccc2cc1OCCCCNC(=O)CNCc1cccc2ccccc12. The first-order chi connectivity index (χ1) is 18.5. The predicted octanol–water partition coefficient (Wildman–Crippen LogP) is 3.27. The Labute approximate surface area is 221 Å². The molecule has 0 heterocycles. The van der Waals surface area contributed by atoms with Gasteiger partial charge in [-0.3, -0.25) is 14.4 Å². The molecule has 0 aromatic heterocycles. The molecule has 0 saturated heterocycles. The van der Waals surface area contributed by atoms with E-state index in [0.717, 1.165) is 22.8 Å². The molecule has 8 nitrogen and oxygen atoms in total. The molecule has 8 heteroatoms. The van der Waals surface area contributed by atoms with Gasteiger partial charge in [0, 0.05) is 13.1 Å². The lowest BCUT2D eigenvalue weighted by Gasteiger charge is -2.13. The molecule has 0 bridgehead atoms. The third-order valence-corrected chi connectivity index (χ3v) is 6.15. The van der Waals surface area contributed by atoms with Crippen LogP contribution >= 0.6 is 0 Å². The lowest BCUT2D eigenvalue weighted by Crippen LogP contribution is -2.34. The highest BCUT2D eigenvalue weighted by Crippen LogP contribution is 2.26. The van der Waals surface area contributed by atoms with E-state index in [1.54, 1.807) is 6.07 Å². The third kappa shape index (κ3) is 7.30. The molecule has 3 amide bonds. The summed E-state index contributed by atoms with van der Waals surface area (Å²) in [6.07, 6.45) is 1.42. The van der Waals surface area contributed by atoms with E-state index >= 15 is 0 Å². The number of nitrogens with one attached hydrogen (secondary N) is 3. The first-order valence-electron chi connectivity index (χ1n) is 12.7. The van der Waals surface area contributed by atoms with Crippen LogP contribution in [0.1, 0.15) is 28.8 Å². The highest BCUT2D eigenvalue weighted by molar-refractivity contribution is 6.02. The fourth-order valence-corrected chi connectivity index (χ4v) is 4.24. The van der Waals surface area contributed by atoms with Crippen LogP contribution in [0.5, 0.6) is 5.75 Å². The average Bonchev–Trinajstić information content (AvgIpc) is 2.93.